The SMILES string of the molecule is CC[C@](C)(NC(=O)Nc1ccn(CCCOC)n1)c1nccs1. The summed E-state index contributed by atoms with van der Waals surface area (Å²) in [6, 6.07) is 1.49. The van der Waals surface area contributed by atoms with Crippen LogP contribution in [0.4, 0.5) is 10.6 Å². The Morgan fingerprint density at radius 2 is 2.35 bits per heavy atom. The minimum Gasteiger partial charge on any atom is -0.385 e. The highest BCUT2D eigenvalue weighted by atomic mass is 32.1. The molecule has 7 nitrogen and oxygen atoms in total. The molecule has 0 unspecified atom stereocenters. The molecule has 0 spiro atoms. The molecule has 23 heavy (non-hydrogen) atoms. The lowest BCUT2D eigenvalue weighted by Gasteiger charge is -2.27. The molecule has 1 atom stereocenters. The summed E-state index contributed by atoms with van der Waals surface area (Å²) in [5.41, 5.74) is -0.487. The van der Waals surface area contributed by atoms with Crippen LogP contribution in [0.5, 0.6) is 0 Å². The number of thiazole rings is 1. The van der Waals surface area contributed by atoms with E-state index in [0.29, 0.717) is 12.4 Å². The van der Waals surface area contributed by atoms with Gasteiger partial charge in [-0.3, -0.25) is 10.00 Å². The lowest BCUT2D eigenvalue weighted by molar-refractivity contribution is 0.189. The Balaban J connectivity index is 1.91. The van der Waals surface area contributed by atoms with Crippen LogP contribution in [-0.2, 0) is 16.8 Å². The van der Waals surface area contributed by atoms with Crippen LogP contribution < -0.4 is 10.6 Å². The Morgan fingerprint density at radius 1 is 1.52 bits per heavy atom. The first-order valence-corrected chi connectivity index (χ1v) is 8.47. The largest absolute Gasteiger partial charge is 0.385 e. The molecule has 0 bridgehead atoms. The third-order valence-electron chi connectivity index (χ3n) is 3.62. The van der Waals surface area contributed by atoms with Gasteiger partial charge in [0.1, 0.15) is 5.01 Å². The predicted molar refractivity (Wildman–Crippen MR) is 90.6 cm³/mol. The van der Waals surface area contributed by atoms with Gasteiger partial charge in [0.05, 0.1) is 5.54 Å². The summed E-state index contributed by atoms with van der Waals surface area (Å²) in [6.45, 7) is 5.43. The van der Waals surface area contributed by atoms with Crippen LogP contribution in [0.15, 0.2) is 23.8 Å². The smallest absolute Gasteiger partial charge is 0.321 e. The zero-order valence-electron chi connectivity index (χ0n) is 13.7. The molecule has 0 saturated carbocycles. The molecule has 2 aromatic rings. The first-order valence-electron chi connectivity index (χ1n) is 7.59. The fraction of sp³-hybridized carbons (Fsp3) is 0.533. The maximum absolute atomic E-state index is 12.2. The molecule has 0 saturated heterocycles. The number of urea groups is 1. The quantitative estimate of drug-likeness (QED) is 0.726. The van der Waals surface area contributed by atoms with E-state index in [1.54, 1.807) is 24.1 Å². The van der Waals surface area contributed by atoms with Crippen molar-refractivity contribution in [2.24, 2.45) is 0 Å². The number of aromatic nitrogens is 3. The second-order valence-corrected chi connectivity index (χ2v) is 6.31. The van der Waals surface area contributed by atoms with Crippen LogP contribution in [-0.4, -0.2) is 34.5 Å². The highest BCUT2D eigenvalue weighted by Gasteiger charge is 2.29. The van der Waals surface area contributed by atoms with E-state index in [4.69, 9.17) is 4.74 Å². The van der Waals surface area contributed by atoms with Crippen molar-refractivity contribution in [2.45, 2.75) is 38.8 Å². The van der Waals surface area contributed by atoms with E-state index in [1.807, 2.05) is 25.4 Å². The van der Waals surface area contributed by atoms with Crippen molar-refractivity contribution in [3.8, 4) is 0 Å². The van der Waals surface area contributed by atoms with Crippen molar-refractivity contribution in [3.63, 3.8) is 0 Å². The highest BCUT2D eigenvalue weighted by molar-refractivity contribution is 7.09. The van der Waals surface area contributed by atoms with Gasteiger partial charge in [-0.25, -0.2) is 9.78 Å². The number of rotatable bonds is 8. The molecule has 2 heterocycles. The van der Waals surface area contributed by atoms with Gasteiger partial charge < -0.3 is 10.1 Å². The van der Waals surface area contributed by atoms with Gasteiger partial charge in [0, 0.05) is 44.1 Å². The molecule has 0 aliphatic rings. The Morgan fingerprint density at radius 3 is 3.00 bits per heavy atom. The Kier molecular flexibility index (Phi) is 6.12. The van der Waals surface area contributed by atoms with Crippen molar-refractivity contribution in [2.75, 3.05) is 19.0 Å². The van der Waals surface area contributed by atoms with Crippen molar-refractivity contribution >= 4 is 23.2 Å². The van der Waals surface area contributed by atoms with Crippen LogP contribution in [0, 0.1) is 0 Å². The molecule has 126 valence electrons. The Hall–Kier alpha value is -1.93. The first kappa shape index (κ1) is 17.4. The van der Waals surface area contributed by atoms with Gasteiger partial charge >= 0.3 is 6.03 Å². The Bertz CT molecular complexity index is 613. The van der Waals surface area contributed by atoms with Crippen LogP contribution in [0.25, 0.3) is 0 Å². The first-order chi connectivity index (χ1) is 11.1. The van der Waals surface area contributed by atoms with Crippen LogP contribution in [0.2, 0.25) is 0 Å². The fourth-order valence-electron chi connectivity index (χ4n) is 2.11. The van der Waals surface area contributed by atoms with E-state index in [0.717, 1.165) is 24.4 Å². The van der Waals surface area contributed by atoms with Crippen molar-refractivity contribution in [3.05, 3.63) is 28.8 Å². The molecular weight excluding hydrogens is 314 g/mol. The van der Waals surface area contributed by atoms with Gasteiger partial charge in [0.2, 0.25) is 0 Å². The lowest BCUT2D eigenvalue weighted by Crippen LogP contribution is -2.45. The predicted octanol–water partition coefficient (Wildman–Crippen LogP) is 2.82. The molecule has 2 amide bonds. The van der Waals surface area contributed by atoms with Crippen LogP contribution >= 0.6 is 11.3 Å². The monoisotopic (exact) mass is 337 g/mol. The summed E-state index contributed by atoms with van der Waals surface area (Å²) < 4.78 is 6.80. The van der Waals surface area contributed by atoms with E-state index in [2.05, 4.69) is 20.7 Å². The molecule has 0 fully saturated rings. The number of ether oxygens (including phenoxy) is 1. The van der Waals surface area contributed by atoms with E-state index in [-0.39, 0.29) is 6.03 Å². The zero-order chi connectivity index (χ0) is 16.7. The second-order valence-electron chi connectivity index (χ2n) is 5.41. The molecule has 0 aromatic carbocycles. The molecule has 8 heteroatoms. The van der Waals surface area contributed by atoms with E-state index < -0.39 is 5.54 Å². The molecule has 2 rings (SSSR count). The molecule has 0 aliphatic carbocycles. The number of methoxy groups -OCH3 is 1. The number of anilines is 1. The number of hydrogen-bond donors (Lipinski definition) is 2. The normalized spacial score (nSPS) is 13.5. The summed E-state index contributed by atoms with van der Waals surface area (Å²) in [5, 5.41) is 12.9. The van der Waals surface area contributed by atoms with Gasteiger partial charge in [-0.15, -0.1) is 11.3 Å². The van der Waals surface area contributed by atoms with Crippen LogP contribution in [0.1, 0.15) is 31.7 Å². The van der Waals surface area contributed by atoms with Gasteiger partial charge in [0.15, 0.2) is 5.82 Å². The molecule has 2 N–H and O–H groups in total. The van der Waals surface area contributed by atoms with Crippen LogP contribution in [0.3, 0.4) is 0 Å². The minimum atomic E-state index is -0.487. The Labute approximate surface area is 140 Å². The van der Waals surface area contributed by atoms with Crippen molar-refractivity contribution < 1.29 is 9.53 Å². The number of amides is 2. The summed E-state index contributed by atoms with van der Waals surface area (Å²) in [5.74, 6) is 0.525. The second kappa shape index (κ2) is 8.07. The fourth-order valence-corrected chi connectivity index (χ4v) is 2.94. The number of aryl methyl sites for hydroxylation is 1. The standard InChI is InChI=1S/C15H23N5O2S/c1-4-15(2,13-16-7-11-23-13)18-14(21)17-12-6-9-20(19-12)8-5-10-22-3/h6-7,9,11H,4-5,8,10H2,1-3H3,(H2,17,18,19,21)/t15-/m0/s1. The maximum atomic E-state index is 12.2. The van der Waals surface area contributed by atoms with Gasteiger partial charge in [0.25, 0.3) is 0 Å². The molecule has 2 aromatic heterocycles. The van der Waals surface area contributed by atoms with E-state index in [1.165, 1.54) is 11.3 Å². The minimum absolute atomic E-state index is 0.285. The summed E-state index contributed by atoms with van der Waals surface area (Å²) in [6.07, 6.45) is 5.21. The summed E-state index contributed by atoms with van der Waals surface area (Å²) in [7, 11) is 1.67. The van der Waals surface area contributed by atoms with E-state index in [9.17, 15) is 4.79 Å². The summed E-state index contributed by atoms with van der Waals surface area (Å²) in [4.78, 5) is 16.5. The number of nitrogens with zero attached hydrogens (tertiary/aromatic N) is 3. The van der Waals surface area contributed by atoms with Gasteiger partial charge in [-0.1, -0.05) is 6.92 Å². The molecule has 0 aliphatic heterocycles. The third kappa shape index (κ3) is 4.77. The lowest BCUT2D eigenvalue weighted by atomic mass is 10.0. The zero-order valence-corrected chi connectivity index (χ0v) is 14.5. The van der Waals surface area contributed by atoms with Gasteiger partial charge in [-0.05, 0) is 19.8 Å². The number of hydrogen-bond acceptors (Lipinski definition) is 5. The molecule has 0 radical (unpaired) electrons. The average Bonchev–Trinajstić information content (AvgIpc) is 3.19. The highest BCUT2D eigenvalue weighted by Crippen LogP contribution is 2.26. The number of carbonyl (C=O) groups is 1. The van der Waals surface area contributed by atoms with E-state index >= 15 is 0 Å². The third-order valence-corrected chi connectivity index (χ3v) is 4.66. The van der Waals surface area contributed by atoms with Gasteiger partial charge in [-0.2, -0.15) is 5.10 Å². The molecular formula is C15H23N5O2S. The number of carbonyl (C=O) groups excluding carboxylic acids is 1. The van der Waals surface area contributed by atoms with Crippen molar-refractivity contribution in [1.29, 1.82) is 0 Å². The topological polar surface area (TPSA) is 81.1 Å². The average molecular weight is 337 g/mol. The summed E-state index contributed by atoms with van der Waals surface area (Å²) >= 11 is 1.53. The van der Waals surface area contributed by atoms with Crippen molar-refractivity contribution in [1.82, 2.24) is 20.1 Å². The number of nitrogens with one attached hydrogen (secondary N) is 2. The maximum Gasteiger partial charge on any atom is 0.321 e.